The fourth-order valence-corrected chi connectivity index (χ4v) is 2.31. The summed E-state index contributed by atoms with van der Waals surface area (Å²) in [6.45, 7) is 7.79. The van der Waals surface area contributed by atoms with Gasteiger partial charge in [0.15, 0.2) is 0 Å². The van der Waals surface area contributed by atoms with Crippen LogP contribution in [0.15, 0.2) is 24.3 Å². The number of nitrogens with two attached hydrogens (primary N) is 1. The molecule has 0 saturated carbocycles. The molecule has 1 rings (SSSR count). The molecule has 106 valence electrons. The van der Waals surface area contributed by atoms with Crippen molar-refractivity contribution >= 4 is 22.9 Å². The Morgan fingerprint density at radius 2 is 1.95 bits per heavy atom. The van der Waals surface area contributed by atoms with Crippen molar-refractivity contribution < 1.29 is 0 Å². The molecule has 0 fully saturated rings. The largest absolute Gasteiger partial charge is 0.389 e. The maximum Gasteiger partial charge on any atom is 0.106 e. The monoisotopic (exact) mass is 278 g/mol. The van der Waals surface area contributed by atoms with Crippen molar-refractivity contribution in [3.63, 3.8) is 0 Å². The van der Waals surface area contributed by atoms with Gasteiger partial charge in [0, 0.05) is 17.8 Å². The van der Waals surface area contributed by atoms with Crippen molar-refractivity contribution in [1.82, 2.24) is 0 Å². The van der Waals surface area contributed by atoms with Gasteiger partial charge in [-0.15, -0.1) is 0 Å². The highest BCUT2D eigenvalue weighted by atomic mass is 32.1. The third-order valence-electron chi connectivity index (χ3n) is 3.41. The van der Waals surface area contributed by atoms with Gasteiger partial charge in [-0.2, -0.15) is 0 Å². The molecule has 0 radical (unpaired) electrons. The smallest absolute Gasteiger partial charge is 0.106 e. The van der Waals surface area contributed by atoms with Gasteiger partial charge >= 0.3 is 0 Å². The Kier molecular flexibility index (Phi) is 6.29. The van der Waals surface area contributed by atoms with Crippen LogP contribution in [0, 0.1) is 5.41 Å². The second kappa shape index (κ2) is 7.49. The highest BCUT2D eigenvalue weighted by molar-refractivity contribution is 7.80. The van der Waals surface area contributed by atoms with Crippen molar-refractivity contribution in [2.75, 3.05) is 11.9 Å². The van der Waals surface area contributed by atoms with E-state index in [1.165, 1.54) is 25.7 Å². The topological polar surface area (TPSA) is 38.0 Å². The Hall–Kier alpha value is -1.09. The molecule has 19 heavy (non-hydrogen) atoms. The molecule has 0 aromatic heterocycles. The van der Waals surface area contributed by atoms with E-state index in [1.807, 2.05) is 24.3 Å². The molecule has 0 unspecified atom stereocenters. The minimum atomic E-state index is 0.290. The van der Waals surface area contributed by atoms with Crippen molar-refractivity contribution in [2.24, 2.45) is 11.1 Å². The van der Waals surface area contributed by atoms with E-state index in [1.54, 1.807) is 0 Å². The number of thiocarbonyl (C=S) groups is 1. The van der Waals surface area contributed by atoms with Crippen LogP contribution in [0.4, 0.5) is 5.69 Å². The molecule has 0 amide bonds. The molecule has 1 aromatic rings. The maximum absolute atomic E-state index is 5.74. The Bertz CT molecular complexity index is 413. The summed E-state index contributed by atoms with van der Waals surface area (Å²) in [7, 11) is 0. The van der Waals surface area contributed by atoms with Gasteiger partial charge in [0.2, 0.25) is 0 Å². The zero-order chi connectivity index (χ0) is 14.3. The highest BCUT2D eigenvalue weighted by Gasteiger charge is 2.17. The number of benzene rings is 1. The molecule has 0 bridgehead atoms. The zero-order valence-electron chi connectivity index (χ0n) is 12.3. The Balaban J connectivity index is 2.58. The molecule has 2 nitrogen and oxygen atoms in total. The van der Waals surface area contributed by atoms with E-state index in [9.17, 15) is 0 Å². The standard InChI is InChI=1S/C16H26N2S/c1-4-5-8-11-16(2,3)12-18-14-10-7-6-9-13(14)15(17)19/h6-7,9-10,18H,4-5,8,11-12H2,1-3H3,(H2,17,19). The first-order valence-electron chi connectivity index (χ1n) is 7.09. The predicted molar refractivity (Wildman–Crippen MR) is 88.7 cm³/mol. The number of hydrogen-bond donors (Lipinski definition) is 2. The average Bonchev–Trinajstić information content (AvgIpc) is 2.37. The summed E-state index contributed by atoms with van der Waals surface area (Å²) in [4.78, 5) is 0.451. The number of unbranched alkanes of at least 4 members (excludes halogenated alkanes) is 2. The lowest BCUT2D eigenvalue weighted by molar-refractivity contribution is 0.342. The van der Waals surface area contributed by atoms with Gasteiger partial charge in [0.1, 0.15) is 4.99 Å². The lowest BCUT2D eigenvalue weighted by atomic mass is 9.86. The van der Waals surface area contributed by atoms with E-state index >= 15 is 0 Å². The van der Waals surface area contributed by atoms with Gasteiger partial charge < -0.3 is 11.1 Å². The second-order valence-corrected chi connectivity index (χ2v) is 6.32. The molecular weight excluding hydrogens is 252 g/mol. The zero-order valence-corrected chi connectivity index (χ0v) is 13.1. The molecule has 0 aliphatic carbocycles. The number of nitrogens with one attached hydrogen (secondary N) is 1. The third kappa shape index (κ3) is 5.60. The van der Waals surface area contributed by atoms with Crippen molar-refractivity contribution in [3.8, 4) is 0 Å². The molecule has 0 aliphatic rings. The average molecular weight is 278 g/mol. The summed E-state index contributed by atoms with van der Waals surface area (Å²) in [5, 5.41) is 3.49. The van der Waals surface area contributed by atoms with Gasteiger partial charge in [-0.1, -0.05) is 64.4 Å². The van der Waals surface area contributed by atoms with Crippen LogP contribution in [0.25, 0.3) is 0 Å². The van der Waals surface area contributed by atoms with E-state index < -0.39 is 0 Å². The molecule has 0 atom stereocenters. The molecule has 1 aromatic carbocycles. The molecule has 3 N–H and O–H groups in total. The van der Waals surface area contributed by atoms with Gasteiger partial charge in [-0.05, 0) is 24.0 Å². The summed E-state index contributed by atoms with van der Waals surface area (Å²) in [5.74, 6) is 0. The number of anilines is 1. The molecule has 0 aliphatic heterocycles. The first kappa shape index (κ1) is 16.0. The Morgan fingerprint density at radius 1 is 1.26 bits per heavy atom. The first-order chi connectivity index (χ1) is 8.96. The molecular formula is C16H26N2S. The number of rotatable bonds is 8. The first-order valence-corrected chi connectivity index (χ1v) is 7.50. The van der Waals surface area contributed by atoms with Gasteiger partial charge in [0.05, 0.1) is 0 Å². The minimum Gasteiger partial charge on any atom is -0.389 e. The van der Waals surface area contributed by atoms with E-state index in [0.29, 0.717) is 10.4 Å². The Labute approximate surface area is 122 Å². The van der Waals surface area contributed by atoms with Crippen LogP contribution in [0.3, 0.4) is 0 Å². The third-order valence-corrected chi connectivity index (χ3v) is 3.63. The van der Waals surface area contributed by atoms with Crippen molar-refractivity contribution in [1.29, 1.82) is 0 Å². The predicted octanol–water partition coefficient (Wildman–Crippen LogP) is 4.34. The fourth-order valence-electron chi connectivity index (χ4n) is 2.13. The van der Waals surface area contributed by atoms with Crippen LogP contribution in [0.1, 0.15) is 52.0 Å². The van der Waals surface area contributed by atoms with Crippen molar-refractivity contribution in [3.05, 3.63) is 29.8 Å². The molecule has 0 saturated heterocycles. The summed E-state index contributed by atoms with van der Waals surface area (Å²) in [5.41, 5.74) is 8.01. The van der Waals surface area contributed by atoms with Crippen LogP contribution >= 0.6 is 12.2 Å². The maximum atomic E-state index is 5.74. The van der Waals surface area contributed by atoms with Crippen LogP contribution < -0.4 is 11.1 Å². The van der Waals surface area contributed by atoms with E-state index in [4.69, 9.17) is 18.0 Å². The van der Waals surface area contributed by atoms with Crippen LogP contribution in [0.5, 0.6) is 0 Å². The van der Waals surface area contributed by atoms with Crippen molar-refractivity contribution in [2.45, 2.75) is 46.5 Å². The normalized spacial score (nSPS) is 11.3. The quantitative estimate of drug-likeness (QED) is 0.549. The summed E-state index contributed by atoms with van der Waals surface area (Å²) in [6, 6.07) is 7.98. The van der Waals surface area contributed by atoms with Crippen LogP contribution in [-0.2, 0) is 0 Å². The van der Waals surface area contributed by atoms with E-state index in [2.05, 4.69) is 26.1 Å². The van der Waals surface area contributed by atoms with Gasteiger partial charge in [-0.25, -0.2) is 0 Å². The minimum absolute atomic E-state index is 0.290. The number of hydrogen-bond acceptors (Lipinski definition) is 2. The fraction of sp³-hybridized carbons (Fsp3) is 0.562. The summed E-state index contributed by atoms with van der Waals surface area (Å²) >= 11 is 5.08. The molecule has 0 spiro atoms. The lowest BCUT2D eigenvalue weighted by Crippen LogP contribution is -2.24. The van der Waals surface area contributed by atoms with E-state index in [-0.39, 0.29) is 0 Å². The summed E-state index contributed by atoms with van der Waals surface area (Å²) in [6.07, 6.45) is 5.12. The van der Waals surface area contributed by atoms with Gasteiger partial charge in [-0.3, -0.25) is 0 Å². The highest BCUT2D eigenvalue weighted by Crippen LogP contribution is 2.25. The van der Waals surface area contributed by atoms with Crippen LogP contribution in [-0.4, -0.2) is 11.5 Å². The van der Waals surface area contributed by atoms with Gasteiger partial charge in [0.25, 0.3) is 0 Å². The lowest BCUT2D eigenvalue weighted by Gasteiger charge is -2.26. The second-order valence-electron chi connectivity index (χ2n) is 5.88. The molecule has 0 heterocycles. The SMILES string of the molecule is CCCCCC(C)(C)CNc1ccccc1C(N)=S. The molecule has 3 heteroatoms. The number of para-hydroxylation sites is 1. The van der Waals surface area contributed by atoms with Crippen LogP contribution in [0.2, 0.25) is 0 Å². The summed E-state index contributed by atoms with van der Waals surface area (Å²) < 4.78 is 0. The Morgan fingerprint density at radius 3 is 2.58 bits per heavy atom. The van der Waals surface area contributed by atoms with E-state index in [0.717, 1.165) is 17.8 Å².